The van der Waals surface area contributed by atoms with Gasteiger partial charge in [0.25, 0.3) is 0 Å². The second-order valence-corrected chi connectivity index (χ2v) is 14.6. The van der Waals surface area contributed by atoms with E-state index in [1.807, 2.05) is 6.92 Å². The normalized spacial score (nSPS) is 52.1. The Morgan fingerprint density at radius 3 is 2.31 bits per heavy atom. The molecule has 5 saturated carbocycles. The zero-order valence-electron chi connectivity index (χ0n) is 23.8. The minimum Gasteiger partial charge on any atom is -0.462 e. The summed E-state index contributed by atoms with van der Waals surface area (Å²) in [5.74, 6) is -0.919. The van der Waals surface area contributed by atoms with Crippen molar-refractivity contribution in [2.75, 3.05) is 0 Å². The molecular weight excluding hydrogens is 496 g/mol. The molecule has 5 fully saturated rings. The van der Waals surface area contributed by atoms with Crippen molar-refractivity contribution in [1.82, 2.24) is 0 Å². The fourth-order valence-corrected chi connectivity index (χ4v) is 11.4. The van der Waals surface area contributed by atoms with Crippen molar-refractivity contribution in [3.63, 3.8) is 0 Å². The Labute approximate surface area is 231 Å². The van der Waals surface area contributed by atoms with E-state index in [9.17, 15) is 30.0 Å². The molecule has 0 aromatic rings. The van der Waals surface area contributed by atoms with Crippen molar-refractivity contribution in [2.24, 2.45) is 51.8 Å². The highest BCUT2D eigenvalue weighted by Crippen LogP contribution is 2.80. The standard InChI is InChI=1S/C32H46O7/c1-16(2)18-6-8-20(25(18)39-17(3)34)19-7-9-21-22(19)14-30(15-33)24-11-13-32(30,26(21)35)28(37)31(24)12-10-23(27(31)36)29(4,5)38/h14-15,18-21,23-28,35-38H,1,6-13H2,2-5H3/t18-,19-,20?,21+,23+,24-,25+,26-,27+,28-,30-,31+,32+/m0/s1. The second kappa shape index (κ2) is 8.73. The number of ether oxygens (including phenoxy) is 1. The lowest BCUT2D eigenvalue weighted by molar-refractivity contribution is -0.170. The molecule has 6 rings (SSSR count). The first-order valence-electron chi connectivity index (χ1n) is 15.1. The van der Waals surface area contributed by atoms with Crippen molar-refractivity contribution in [3.8, 4) is 0 Å². The van der Waals surface area contributed by atoms with E-state index in [1.165, 1.54) is 6.92 Å². The molecule has 0 saturated heterocycles. The van der Waals surface area contributed by atoms with Crippen molar-refractivity contribution in [1.29, 1.82) is 0 Å². The van der Waals surface area contributed by atoms with Gasteiger partial charge in [0.05, 0.1) is 29.3 Å². The van der Waals surface area contributed by atoms with Crippen molar-refractivity contribution < 1.29 is 34.8 Å². The van der Waals surface area contributed by atoms with Crippen LogP contribution in [-0.4, -0.2) is 62.7 Å². The van der Waals surface area contributed by atoms with Crippen LogP contribution in [0, 0.1) is 51.8 Å². The number of carbonyl (C=O) groups excluding carboxylic acids is 2. The van der Waals surface area contributed by atoms with Gasteiger partial charge in [-0.3, -0.25) is 4.79 Å². The third-order valence-electron chi connectivity index (χ3n) is 12.8. The van der Waals surface area contributed by atoms with Gasteiger partial charge in [0.1, 0.15) is 12.4 Å². The number of rotatable bonds is 5. The minimum absolute atomic E-state index is 0.0817. The topological polar surface area (TPSA) is 124 Å². The molecule has 13 atom stereocenters. The molecule has 0 aromatic heterocycles. The number of aliphatic hydroxyl groups is 4. The van der Waals surface area contributed by atoms with Crippen LogP contribution in [0.5, 0.6) is 0 Å². The molecule has 7 nitrogen and oxygen atoms in total. The van der Waals surface area contributed by atoms with Gasteiger partial charge in [-0.2, -0.15) is 0 Å². The van der Waals surface area contributed by atoms with Gasteiger partial charge in [-0.25, -0.2) is 0 Å². The highest BCUT2D eigenvalue weighted by Gasteiger charge is 2.83. The molecule has 0 aliphatic heterocycles. The number of esters is 1. The predicted molar refractivity (Wildman–Crippen MR) is 144 cm³/mol. The van der Waals surface area contributed by atoms with Crippen molar-refractivity contribution in [2.45, 2.75) is 109 Å². The Morgan fingerprint density at radius 1 is 1.03 bits per heavy atom. The largest absolute Gasteiger partial charge is 0.462 e. The number of fused-ring (bicyclic) bond motifs is 2. The third kappa shape index (κ3) is 3.25. The van der Waals surface area contributed by atoms with Gasteiger partial charge in [-0.1, -0.05) is 23.8 Å². The Kier molecular flexibility index (Phi) is 6.18. The monoisotopic (exact) mass is 542 g/mol. The third-order valence-corrected chi connectivity index (χ3v) is 12.8. The zero-order valence-corrected chi connectivity index (χ0v) is 23.8. The molecule has 0 aromatic carbocycles. The summed E-state index contributed by atoms with van der Waals surface area (Å²) in [4.78, 5) is 25.4. The maximum Gasteiger partial charge on any atom is 0.302 e. The lowest BCUT2D eigenvalue weighted by Gasteiger charge is -2.51. The van der Waals surface area contributed by atoms with Crippen LogP contribution in [0.4, 0.5) is 0 Å². The molecule has 216 valence electrons. The van der Waals surface area contributed by atoms with Crippen LogP contribution in [0.3, 0.4) is 0 Å². The van der Waals surface area contributed by atoms with Crippen molar-refractivity contribution in [3.05, 3.63) is 23.8 Å². The van der Waals surface area contributed by atoms with E-state index in [4.69, 9.17) is 4.74 Å². The summed E-state index contributed by atoms with van der Waals surface area (Å²) in [6.45, 7) is 11.0. The molecule has 0 heterocycles. The van der Waals surface area contributed by atoms with Crippen molar-refractivity contribution >= 4 is 12.3 Å². The molecule has 1 spiro atoms. The lowest BCUT2D eigenvalue weighted by atomic mass is 9.55. The predicted octanol–water partition coefficient (Wildman–Crippen LogP) is 3.33. The van der Waals surface area contributed by atoms with Gasteiger partial charge in [-0.15, -0.1) is 0 Å². The number of hydrogen-bond acceptors (Lipinski definition) is 7. The van der Waals surface area contributed by atoms with E-state index in [0.717, 1.165) is 43.1 Å². The van der Waals surface area contributed by atoms with Crippen LogP contribution in [0.15, 0.2) is 23.8 Å². The van der Waals surface area contributed by atoms with Gasteiger partial charge in [-0.05, 0) is 84.0 Å². The number of allylic oxidation sites excluding steroid dienone is 1. The highest BCUT2D eigenvalue weighted by molar-refractivity contribution is 5.71. The highest BCUT2D eigenvalue weighted by atomic mass is 16.5. The number of carbonyl (C=O) groups is 2. The second-order valence-electron chi connectivity index (χ2n) is 14.6. The summed E-state index contributed by atoms with van der Waals surface area (Å²) >= 11 is 0. The lowest BCUT2D eigenvalue weighted by Crippen LogP contribution is -2.59. The van der Waals surface area contributed by atoms with Crippen LogP contribution in [0.1, 0.15) is 79.1 Å². The minimum atomic E-state index is -1.12. The Balaban J connectivity index is 1.43. The fourth-order valence-electron chi connectivity index (χ4n) is 11.4. The van der Waals surface area contributed by atoms with Crippen LogP contribution in [-0.2, 0) is 14.3 Å². The van der Waals surface area contributed by atoms with E-state index >= 15 is 0 Å². The molecule has 6 aliphatic rings. The summed E-state index contributed by atoms with van der Waals surface area (Å²) in [7, 11) is 0. The Hall–Kier alpha value is -1.54. The molecule has 6 aliphatic carbocycles. The fraction of sp³-hybridized carbons (Fsp3) is 0.812. The maximum atomic E-state index is 13.3. The molecule has 2 bridgehead atoms. The van der Waals surface area contributed by atoms with E-state index < -0.39 is 46.1 Å². The summed E-state index contributed by atoms with van der Waals surface area (Å²) < 4.78 is 5.90. The van der Waals surface area contributed by atoms with E-state index in [0.29, 0.717) is 25.7 Å². The van der Waals surface area contributed by atoms with E-state index in [-0.39, 0.29) is 41.7 Å². The number of aldehydes is 1. The van der Waals surface area contributed by atoms with Crippen LogP contribution in [0.2, 0.25) is 0 Å². The average molecular weight is 543 g/mol. The first-order valence-corrected chi connectivity index (χ1v) is 15.1. The average Bonchev–Trinajstić information content (AvgIpc) is 3.62. The summed E-state index contributed by atoms with van der Waals surface area (Å²) in [5, 5.41) is 46.9. The van der Waals surface area contributed by atoms with Crippen LogP contribution < -0.4 is 0 Å². The maximum absolute atomic E-state index is 13.3. The number of hydrogen-bond donors (Lipinski definition) is 4. The quantitative estimate of drug-likeness (QED) is 0.239. The van der Waals surface area contributed by atoms with Gasteiger partial charge < -0.3 is 30.0 Å². The molecule has 7 heteroatoms. The molecule has 0 radical (unpaired) electrons. The van der Waals surface area contributed by atoms with Gasteiger partial charge in [0.15, 0.2) is 0 Å². The molecule has 0 amide bonds. The summed E-state index contributed by atoms with van der Waals surface area (Å²) in [6.07, 6.45) is 5.61. The SMILES string of the molecule is C=C(C)[C@@H]1CCC([C@@H]2CC[C@@H]3C2=C[C@]2(C=O)[C@@H]4CC[C@@]2([C@H]3O)[C@@H](O)[C@]42CC[C@@H](C(C)(C)O)[C@H]2O)[C@@H]1OC(C)=O. The summed E-state index contributed by atoms with van der Waals surface area (Å²) in [5.41, 5.74) is -2.07. The Bertz CT molecular complexity index is 1110. The number of aliphatic hydroxyl groups excluding tert-OH is 3. The van der Waals surface area contributed by atoms with Crippen LogP contribution in [0.25, 0.3) is 0 Å². The molecule has 4 N–H and O–H groups in total. The first-order chi connectivity index (χ1) is 18.3. The molecular formula is C32H46O7. The smallest absolute Gasteiger partial charge is 0.302 e. The van der Waals surface area contributed by atoms with Gasteiger partial charge in [0.2, 0.25) is 0 Å². The zero-order chi connectivity index (χ0) is 28.3. The Morgan fingerprint density at radius 2 is 1.72 bits per heavy atom. The van der Waals surface area contributed by atoms with Gasteiger partial charge >= 0.3 is 5.97 Å². The van der Waals surface area contributed by atoms with E-state index in [2.05, 4.69) is 12.7 Å². The molecule has 1 unspecified atom stereocenters. The first kappa shape index (κ1) is 27.6. The van der Waals surface area contributed by atoms with Gasteiger partial charge in [0, 0.05) is 41.4 Å². The summed E-state index contributed by atoms with van der Waals surface area (Å²) in [6, 6.07) is 0. The van der Waals surface area contributed by atoms with Crippen LogP contribution >= 0.6 is 0 Å². The van der Waals surface area contributed by atoms with E-state index in [1.54, 1.807) is 13.8 Å². The molecule has 39 heavy (non-hydrogen) atoms.